The number of allylic oxidation sites excluding steroid dienone is 1. The summed E-state index contributed by atoms with van der Waals surface area (Å²) in [6, 6.07) is 18.4. The normalized spacial score (nSPS) is 11.6. The van der Waals surface area contributed by atoms with E-state index in [1.165, 1.54) is 23.1 Å². The van der Waals surface area contributed by atoms with Gasteiger partial charge in [-0.2, -0.15) is 0 Å². The van der Waals surface area contributed by atoms with Gasteiger partial charge >= 0.3 is 0 Å². The van der Waals surface area contributed by atoms with Crippen LogP contribution in [0.15, 0.2) is 83.9 Å². The van der Waals surface area contributed by atoms with Crippen LogP contribution in [0.1, 0.15) is 29.1 Å². The summed E-state index contributed by atoms with van der Waals surface area (Å²) in [5.41, 5.74) is 2.38. The number of benzene rings is 2. The van der Waals surface area contributed by atoms with Crippen LogP contribution in [-0.2, 0) is 11.3 Å². The Kier molecular flexibility index (Phi) is 8.07. The third kappa shape index (κ3) is 6.23. The third-order valence-electron chi connectivity index (χ3n) is 4.98. The number of hydrogen-bond acceptors (Lipinski definition) is 7. The molecule has 0 spiro atoms. The Balaban J connectivity index is 1.37. The van der Waals surface area contributed by atoms with Gasteiger partial charge in [0, 0.05) is 23.1 Å². The Morgan fingerprint density at radius 1 is 1.11 bits per heavy atom. The summed E-state index contributed by atoms with van der Waals surface area (Å²) in [6.07, 6.45) is 1.73. The molecule has 1 atom stereocenters. The highest BCUT2D eigenvalue weighted by atomic mass is 32.2. The molecule has 2 N–H and O–H groups in total. The zero-order valence-corrected chi connectivity index (χ0v) is 20.7. The lowest BCUT2D eigenvalue weighted by molar-refractivity contribution is -0.113. The summed E-state index contributed by atoms with van der Waals surface area (Å²) in [6.45, 7) is 6.10. The summed E-state index contributed by atoms with van der Waals surface area (Å²) < 4.78 is 1.85. The number of hydrogen-bond donors (Lipinski definition) is 2. The molecule has 0 unspecified atom stereocenters. The summed E-state index contributed by atoms with van der Waals surface area (Å²) in [5, 5.41) is 17.3. The van der Waals surface area contributed by atoms with Crippen molar-refractivity contribution in [1.29, 1.82) is 0 Å². The maximum atomic E-state index is 12.5. The Labute approximate surface area is 211 Å². The Bertz CT molecular complexity index is 1300. The summed E-state index contributed by atoms with van der Waals surface area (Å²) in [5.74, 6) is 0.340. The molecular formula is C25H24N6O2S2. The maximum Gasteiger partial charge on any atom is 0.251 e. The highest BCUT2D eigenvalue weighted by molar-refractivity contribution is 7.99. The van der Waals surface area contributed by atoms with Gasteiger partial charge in [0.1, 0.15) is 0 Å². The van der Waals surface area contributed by atoms with E-state index in [4.69, 9.17) is 0 Å². The zero-order chi connectivity index (χ0) is 24.6. The Morgan fingerprint density at radius 2 is 1.83 bits per heavy atom. The third-order valence-corrected chi connectivity index (χ3v) is 6.70. The van der Waals surface area contributed by atoms with E-state index in [0.717, 1.165) is 11.3 Å². The van der Waals surface area contributed by atoms with E-state index >= 15 is 0 Å². The van der Waals surface area contributed by atoms with Crippen LogP contribution in [0, 0.1) is 0 Å². The van der Waals surface area contributed by atoms with Crippen LogP contribution >= 0.6 is 23.1 Å². The van der Waals surface area contributed by atoms with E-state index in [1.807, 2.05) is 65.4 Å². The lowest BCUT2D eigenvalue weighted by atomic mass is 10.2. The second kappa shape index (κ2) is 11.6. The smallest absolute Gasteiger partial charge is 0.251 e. The molecule has 178 valence electrons. The molecule has 0 aliphatic rings. The number of aromatic nitrogens is 4. The van der Waals surface area contributed by atoms with Crippen LogP contribution in [0.3, 0.4) is 0 Å². The van der Waals surface area contributed by atoms with E-state index in [1.54, 1.807) is 18.2 Å². The first-order valence-corrected chi connectivity index (χ1v) is 12.7. The van der Waals surface area contributed by atoms with Crippen molar-refractivity contribution in [2.45, 2.75) is 24.7 Å². The van der Waals surface area contributed by atoms with E-state index < -0.39 is 0 Å². The highest BCUT2D eigenvalue weighted by Gasteiger charge is 2.20. The fourth-order valence-electron chi connectivity index (χ4n) is 3.32. The largest absolute Gasteiger partial charge is 0.342 e. The molecule has 0 aliphatic carbocycles. The van der Waals surface area contributed by atoms with Crippen LogP contribution in [0.4, 0.5) is 5.13 Å². The minimum atomic E-state index is -0.384. The Hall–Kier alpha value is -3.76. The number of carbonyl (C=O) groups is 2. The highest BCUT2D eigenvalue weighted by Crippen LogP contribution is 2.25. The molecule has 4 aromatic rings. The van der Waals surface area contributed by atoms with Crippen molar-refractivity contribution in [2.75, 3.05) is 11.1 Å². The van der Waals surface area contributed by atoms with Gasteiger partial charge in [-0.3, -0.25) is 9.59 Å². The minimum Gasteiger partial charge on any atom is -0.342 e. The van der Waals surface area contributed by atoms with Crippen LogP contribution in [0.2, 0.25) is 0 Å². The molecule has 8 nitrogen and oxygen atoms in total. The topological polar surface area (TPSA) is 102 Å². The van der Waals surface area contributed by atoms with Crippen molar-refractivity contribution >= 4 is 40.0 Å². The zero-order valence-electron chi connectivity index (χ0n) is 19.0. The first kappa shape index (κ1) is 24.4. The molecule has 10 heteroatoms. The maximum absolute atomic E-state index is 12.5. The molecule has 0 aliphatic heterocycles. The summed E-state index contributed by atoms with van der Waals surface area (Å²) in [4.78, 5) is 29.6. The number of amides is 2. The second-order valence-corrected chi connectivity index (χ2v) is 9.34. The lowest BCUT2D eigenvalue weighted by Gasteiger charge is -2.15. The average molecular weight is 505 g/mol. The number of nitrogens with one attached hydrogen (secondary N) is 2. The molecule has 35 heavy (non-hydrogen) atoms. The van der Waals surface area contributed by atoms with E-state index in [9.17, 15) is 9.59 Å². The monoisotopic (exact) mass is 504 g/mol. The number of thiazole rings is 1. The standard InChI is InChI=1S/C25H24N6O2S2/c1-3-14-31-22(17(2)26-23(33)19-12-8-5-9-13-19)29-30-25(31)35-16-21(32)28-24-27-20(15-34-24)18-10-6-4-7-11-18/h3-13,15,17H,1,14,16H2,2H3,(H,26,33)(H,27,28,32)/t17-/m0/s1. The van der Waals surface area contributed by atoms with E-state index in [0.29, 0.717) is 28.2 Å². The van der Waals surface area contributed by atoms with Crippen LogP contribution in [0.25, 0.3) is 11.3 Å². The quantitative estimate of drug-likeness (QED) is 0.237. The van der Waals surface area contributed by atoms with E-state index in [2.05, 4.69) is 32.4 Å². The van der Waals surface area contributed by atoms with Gasteiger partial charge in [-0.1, -0.05) is 66.4 Å². The molecule has 2 amide bonds. The molecule has 2 aromatic heterocycles. The molecule has 2 heterocycles. The van der Waals surface area contributed by atoms with Gasteiger partial charge in [-0.25, -0.2) is 4.98 Å². The van der Waals surface area contributed by atoms with Crippen molar-refractivity contribution < 1.29 is 9.59 Å². The van der Waals surface area contributed by atoms with Crippen LogP contribution in [0.5, 0.6) is 0 Å². The lowest BCUT2D eigenvalue weighted by Crippen LogP contribution is -2.28. The first-order chi connectivity index (χ1) is 17.0. The van der Waals surface area contributed by atoms with Crippen molar-refractivity contribution in [3.8, 4) is 11.3 Å². The van der Waals surface area contributed by atoms with Crippen molar-refractivity contribution in [2.24, 2.45) is 0 Å². The number of anilines is 1. The van der Waals surface area contributed by atoms with Crippen molar-refractivity contribution in [1.82, 2.24) is 25.1 Å². The predicted octanol–water partition coefficient (Wildman–Crippen LogP) is 4.81. The van der Waals surface area contributed by atoms with Gasteiger partial charge in [0.2, 0.25) is 5.91 Å². The SMILES string of the molecule is C=CCn1c(SCC(=O)Nc2nc(-c3ccccc3)cs2)nnc1[C@H](C)NC(=O)c1ccccc1. The van der Waals surface area contributed by atoms with Crippen molar-refractivity contribution in [3.05, 3.63) is 90.1 Å². The first-order valence-electron chi connectivity index (χ1n) is 10.9. The minimum absolute atomic E-state index is 0.139. The molecular weight excluding hydrogens is 480 g/mol. The number of carbonyl (C=O) groups excluding carboxylic acids is 2. The summed E-state index contributed by atoms with van der Waals surface area (Å²) >= 11 is 2.64. The van der Waals surface area contributed by atoms with Crippen molar-refractivity contribution in [3.63, 3.8) is 0 Å². The second-order valence-electron chi connectivity index (χ2n) is 7.54. The molecule has 4 rings (SSSR count). The molecule has 0 saturated heterocycles. The molecule has 2 aromatic carbocycles. The summed E-state index contributed by atoms with van der Waals surface area (Å²) in [7, 11) is 0. The number of rotatable bonds is 10. The fraction of sp³-hybridized carbons (Fsp3) is 0.160. The fourth-order valence-corrected chi connectivity index (χ4v) is 4.81. The molecule has 0 fully saturated rings. The van der Waals surface area contributed by atoms with Gasteiger partial charge in [0.15, 0.2) is 16.1 Å². The average Bonchev–Trinajstić information content (AvgIpc) is 3.51. The number of nitrogens with zero attached hydrogens (tertiary/aromatic N) is 4. The molecule has 0 bridgehead atoms. The predicted molar refractivity (Wildman–Crippen MR) is 139 cm³/mol. The van der Waals surface area contributed by atoms with E-state index in [-0.39, 0.29) is 23.6 Å². The van der Waals surface area contributed by atoms with Gasteiger partial charge in [-0.15, -0.1) is 28.1 Å². The van der Waals surface area contributed by atoms with Gasteiger partial charge in [-0.05, 0) is 19.1 Å². The number of thioether (sulfide) groups is 1. The Morgan fingerprint density at radius 3 is 2.54 bits per heavy atom. The van der Waals surface area contributed by atoms with Gasteiger partial charge < -0.3 is 15.2 Å². The molecule has 0 radical (unpaired) electrons. The van der Waals surface area contributed by atoms with Crippen LogP contribution in [-0.4, -0.2) is 37.3 Å². The molecule has 0 saturated carbocycles. The van der Waals surface area contributed by atoms with Gasteiger partial charge in [0.25, 0.3) is 5.91 Å². The van der Waals surface area contributed by atoms with Gasteiger partial charge in [0.05, 0.1) is 17.5 Å². The van der Waals surface area contributed by atoms with Crippen LogP contribution < -0.4 is 10.6 Å².